The van der Waals surface area contributed by atoms with Crippen molar-refractivity contribution in [3.8, 4) is 0 Å². The molecule has 0 saturated heterocycles. The quantitative estimate of drug-likeness (QED) is 0.499. The Kier molecular flexibility index (Phi) is 1.89. The lowest BCUT2D eigenvalue weighted by molar-refractivity contribution is -0.195. The van der Waals surface area contributed by atoms with Crippen molar-refractivity contribution >= 4 is 0 Å². The molecular weight excluding hydrogens is 132 g/mol. The standard InChI is InChI=1S/C7H10O3/c1-10-7(9)5-3-2-4-6(7)8/h2-6,8-9H,1H3. The number of hydrogen-bond acceptors (Lipinski definition) is 3. The first kappa shape index (κ1) is 7.47. The van der Waals surface area contributed by atoms with E-state index in [2.05, 4.69) is 4.74 Å². The molecule has 0 aromatic rings. The maximum atomic E-state index is 9.34. The molecule has 0 saturated carbocycles. The number of methoxy groups -OCH3 is 1. The molecule has 2 atom stereocenters. The highest BCUT2D eigenvalue weighted by Crippen LogP contribution is 2.17. The van der Waals surface area contributed by atoms with Gasteiger partial charge in [-0.1, -0.05) is 18.2 Å². The fourth-order valence-corrected chi connectivity index (χ4v) is 0.788. The lowest BCUT2D eigenvalue weighted by Gasteiger charge is -2.27. The van der Waals surface area contributed by atoms with Crippen molar-refractivity contribution in [1.29, 1.82) is 0 Å². The van der Waals surface area contributed by atoms with Gasteiger partial charge in [0.2, 0.25) is 5.79 Å². The molecule has 1 aliphatic carbocycles. The van der Waals surface area contributed by atoms with E-state index in [0.29, 0.717) is 0 Å². The van der Waals surface area contributed by atoms with Crippen LogP contribution in [-0.2, 0) is 4.74 Å². The molecule has 2 unspecified atom stereocenters. The zero-order chi connectivity index (χ0) is 7.61. The van der Waals surface area contributed by atoms with Gasteiger partial charge in [-0.2, -0.15) is 0 Å². The van der Waals surface area contributed by atoms with E-state index in [1.807, 2.05) is 0 Å². The fourth-order valence-electron chi connectivity index (χ4n) is 0.788. The lowest BCUT2D eigenvalue weighted by atomic mass is 10.1. The second-order valence-electron chi connectivity index (χ2n) is 2.14. The van der Waals surface area contributed by atoms with Gasteiger partial charge in [0.25, 0.3) is 0 Å². The van der Waals surface area contributed by atoms with Crippen LogP contribution >= 0.6 is 0 Å². The minimum Gasteiger partial charge on any atom is -0.383 e. The lowest BCUT2D eigenvalue weighted by Crippen LogP contribution is -2.42. The predicted octanol–water partition coefficient (Wildman–Crippen LogP) is -0.192. The van der Waals surface area contributed by atoms with Crippen LogP contribution in [0.4, 0.5) is 0 Å². The van der Waals surface area contributed by atoms with Crippen molar-refractivity contribution in [3.05, 3.63) is 24.3 Å². The molecule has 0 amide bonds. The minimum absolute atomic E-state index is 0.970. The van der Waals surface area contributed by atoms with Crippen molar-refractivity contribution in [2.75, 3.05) is 7.11 Å². The van der Waals surface area contributed by atoms with E-state index in [1.165, 1.54) is 19.3 Å². The van der Waals surface area contributed by atoms with Crippen LogP contribution in [0, 0.1) is 0 Å². The van der Waals surface area contributed by atoms with Crippen LogP contribution in [0.2, 0.25) is 0 Å². The van der Waals surface area contributed by atoms with Crippen LogP contribution < -0.4 is 0 Å². The van der Waals surface area contributed by atoms with E-state index in [9.17, 15) is 5.11 Å². The third kappa shape index (κ3) is 1.11. The molecule has 1 aliphatic rings. The summed E-state index contributed by atoms with van der Waals surface area (Å²) in [7, 11) is 1.34. The number of ether oxygens (including phenoxy) is 1. The zero-order valence-electron chi connectivity index (χ0n) is 5.69. The Morgan fingerprint density at radius 1 is 1.50 bits per heavy atom. The largest absolute Gasteiger partial charge is 0.383 e. The molecule has 56 valence electrons. The van der Waals surface area contributed by atoms with Gasteiger partial charge in [0.05, 0.1) is 0 Å². The van der Waals surface area contributed by atoms with Gasteiger partial charge < -0.3 is 14.9 Å². The smallest absolute Gasteiger partial charge is 0.215 e. The summed E-state index contributed by atoms with van der Waals surface area (Å²) in [6.45, 7) is 0. The van der Waals surface area contributed by atoms with E-state index in [0.717, 1.165) is 0 Å². The number of allylic oxidation sites excluding steroid dienone is 2. The summed E-state index contributed by atoms with van der Waals surface area (Å²) < 4.78 is 4.66. The third-order valence-electron chi connectivity index (χ3n) is 1.49. The van der Waals surface area contributed by atoms with Crippen LogP contribution in [0.25, 0.3) is 0 Å². The molecule has 3 nitrogen and oxygen atoms in total. The zero-order valence-corrected chi connectivity index (χ0v) is 5.69. The SMILES string of the molecule is COC1(O)C=CC=CC1O. The van der Waals surface area contributed by atoms with E-state index in [-0.39, 0.29) is 0 Å². The first-order chi connectivity index (χ1) is 4.69. The van der Waals surface area contributed by atoms with Gasteiger partial charge in [-0.15, -0.1) is 0 Å². The van der Waals surface area contributed by atoms with E-state index >= 15 is 0 Å². The van der Waals surface area contributed by atoms with Crippen LogP contribution in [0.3, 0.4) is 0 Å². The summed E-state index contributed by atoms with van der Waals surface area (Å²) in [5.74, 6) is -1.53. The van der Waals surface area contributed by atoms with E-state index in [4.69, 9.17) is 5.11 Å². The Morgan fingerprint density at radius 3 is 2.60 bits per heavy atom. The highest BCUT2D eigenvalue weighted by atomic mass is 16.6. The van der Waals surface area contributed by atoms with Crippen molar-refractivity contribution < 1.29 is 14.9 Å². The highest BCUT2D eigenvalue weighted by molar-refractivity contribution is 5.19. The van der Waals surface area contributed by atoms with Crippen LogP contribution in [0.1, 0.15) is 0 Å². The molecule has 0 aromatic carbocycles. The summed E-state index contributed by atoms with van der Waals surface area (Å²) in [5, 5.41) is 18.5. The van der Waals surface area contributed by atoms with Gasteiger partial charge in [-0.25, -0.2) is 0 Å². The molecule has 3 heteroatoms. The minimum atomic E-state index is -1.53. The second kappa shape index (κ2) is 2.54. The number of rotatable bonds is 1. The van der Waals surface area contributed by atoms with Crippen molar-refractivity contribution in [2.24, 2.45) is 0 Å². The molecule has 0 heterocycles. The van der Waals surface area contributed by atoms with Gasteiger partial charge in [-0.3, -0.25) is 0 Å². The Balaban J connectivity index is 2.77. The fraction of sp³-hybridized carbons (Fsp3) is 0.429. The molecule has 0 fully saturated rings. The highest BCUT2D eigenvalue weighted by Gasteiger charge is 2.32. The van der Waals surface area contributed by atoms with Gasteiger partial charge >= 0.3 is 0 Å². The third-order valence-corrected chi connectivity index (χ3v) is 1.49. The van der Waals surface area contributed by atoms with Gasteiger partial charge in [0, 0.05) is 7.11 Å². The Morgan fingerprint density at radius 2 is 2.20 bits per heavy atom. The molecule has 2 N–H and O–H groups in total. The summed E-state index contributed by atoms with van der Waals surface area (Å²) in [6, 6.07) is 0. The first-order valence-electron chi connectivity index (χ1n) is 3.00. The molecule has 0 aliphatic heterocycles. The summed E-state index contributed by atoms with van der Waals surface area (Å²) in [5.41, 5.74) is 0. The second-order valence-corrected chi connectivity index (χ2v) is 2.14. The van der Waals surface area contributed by atoms with Crippen molar-refractivity contribution in [3.63, 3.8) is 0 Å². The maximum Gasteiger partial charge on any atom is 0.215 e. The molecule has 1 rings (SSSR count). The molecule has 0 bridgehead atoms. The average molecular weight is 142 g/mol. The number of aliphatic hydroxyl groups excluding tert-OH is 1. The number of hydrogen-bond donors (Lipinski definition) is 2. The van der Waals surface area contributed by atoms with Crippen molar-refractivity contribution in [2.45, 2.75) is 11.9 Å². The molecule has 0 aromatic heterocycles. The summed E-state index contributed by atoms with van der Waals surface area (Å²) in [4.78, 5) is 0. The van der Waals surface area contributed by atoms with E-state index in [1.54, 1.807) is 12.2 Å². The van der Waals surface area contributed by atoms with Gasteiger partial charge in [0.15, 0.2) is 0 Å². The molecule has 10 heavy (non-hydrogen) atoms. The molecule has 0 radical (unpaired) electrons. The van der Waals surface area contributed by atoms with Gasteiger partial charge in [0.1, 0.15) is 6.10 Å². The topological polar surface area (TPSA) is 49.7 Å². The molecular formula is C7H10O3. The Bertz CT molecular complexity index is 174. The van der Waals surface area contributed by atoms with Crippen LogP contribution in [0.5, 0.6) is 0 Å². The Hall–Kier alpha value is -0.640. The Labute approximate surface area is 59.2 Å². The summed E-state index contributed by atoms with van der Waals surface area (Å²) >= 11 is 0. The average Bonchev–Trinajstić information content (AvgIpc) is 1.96. The van der Waals surface area contributed by atoms with Crippen molar-refractivity contribution in [1.82, 2.24) is 0 Å². The number of aliphatic hydroxyl groups is 2. The normalized spacial score (nSPS) is 38.5. The predicted molar refractivity (Wildman–Crippen MR) is 36.2 cm³/mol. The monoisotopic (exact) mass is 142 g/mol. The molecule has 0 spiro atoms. The van der Waals surface area contributed by atoms with Gasteiger partial charge in [-0.05, 0) is 6.08 Å². The maximum absolute atomic E-state index is 9.34. The first-order valence-corrected chi connectivity index (χ1v) is 3.00. The van der Waals surface area contributed by atoms with Crippen LogP contribution in [-0.4, -0.2) is 29.2 Å². The summed E-state index contributed by atoms with van der Waals surface area (Å²) in [6.07, 6.45) is 5.16. The van der Waals surface area contributed by atoms with E-state index < -0.39 is 11.9 Å². The van der Waals surface area contributed by atoms with Crippen LogP contribution in [0.15, 0.2) is 24.3 Å².